The smallest absolute Gasteiger partial charge is 0.397 e. The molecule has 1 aromatic heterocycles. The van der Waals surface area contributed by atoms with E-state index in [1.807, 2.05) is 40.5 Å². The lowest BCUT2D eigenvalue weighted by Crippen LogP contribution is -2.51. The Balaban J connectivity index is 0.0000000878. The molecule has 24 atom stereocenters. The summed E-state index contributed by atoms with van der Waals surface area (Å²) < 4.78 is 101. The van der Waals surface area contributed by atoms with Crippen LogP contribution in [-0.2, 0) is 62.9 Å². The summed E-state index contributed by atoms with van der Waals surface area (Å²) in [6.45, 7) is 7.06. The van der Waals surface area contributed by atoms with Crippen LogP contribution in [0.15, 0.2) is 87.4 Å². The molecular formula is C113H150F5N7O12S6. The fourth-order valence-electron chi connectivity index (χ4n) is 36.8. The van der Waals surface area contributed by atoms with E-state index in [1.165, 1.54) is 251 Å². The third kappa shape index (κ3) is 17.6. The Morgan fingerprint density at radius 3 is 1.08 bits per heavy atom. The van der Waals surface area contributed by atoms with E-state index in [1.54, 1.807) is 6.08 Å². The molecule has 30 heteroatoms. The summed E-state index contributed by atoms with van der Waals surface area (Å²) in [6, 6.07) is 9.54. The molecule has 0 radical (unpaired) electrons. The van der Waals surface area contributed by atoms with Gasteiger partial charge in [-0.15, -0.1) is 34.9 Å². The number of fused-ring (bicyclic) bond motifs is 18. The molecule has 6 spiro atoms. The topological polar surface area (TPSA) is 180 Å². The van der Waals surface area contributed by atoms with Gasteiger partial charge in [-0.3, -0.25) is 34.3 Å². The first-order valence-electron chi connectivity index (χ1n) is 56.9. The molecule has 12 saturated carbocycles. The third-order valence-electron chi connectivity index (χ3n) is 41.9. The van der Waals surface area contributed by atoms with Gasteiger partial charge in [-0.2, -0.15) is 48.5 Å². The molecule has 6 unspecified atom stereocenters. The number of hydrogen-bond acceptors (Lipinski definition) is 25. The van der Waals surface area contributed by atoms with Gasteiger partial charge >= 0.3 is 42.0 Å². The summed E-state index contributed by atoms with van der Waals surface area (Å²) in [6.07, 6.45) is 64.1. The fraction of sp³-hybridized carbons (Fsp3) is 0.805. The molecule has 16 bridgehead atoms. The van der Waals surface area contributed by atoms with E-state index >= 15 is 0 Å². The van der Waals surface area contributed by atoms with Gasteiger partial charge in [0.05, 0.1) is 48.5 Å². The summed E-state index contributed by atoms with van der Waals surface area (Å²) in [5.74, 6) is 2.16. The summed E-state index contributed by atoms with van der Waals surface area (Å²) >= 11 is 11.8. The highest BCUT2D eigenvalue weighted by Crippen LogP contribution is 2.68. The molecule has 143 heavy (non-hydrogen) atoms. The Kier molecular flexibility index (Phi) is 26.6. The van der Waals surface area contributed by atoms with Gasteiger partial charge < -0.3 is 28.4 Å². The van der Waals surface area contributed by atoms with Crippen molar-refractivity contribution in [1.29, 1.82) is 0 Å². The molecule has 13 saturated heterocycles. The van der Waals surface area contributed by atoms with Crippen molar-refractivity contribution < 1.29 is 79.1 Å². The summed E-state index contributed by atoms with van der Waals surface area (Å²) in [5.41, 5.74) is 5.38. The Morgan fingerprint density at radius 2 is 0.692 bits per heavy atom. The van der Waals surface area contributed by atoms with Crippen LogP contribution in [0.4, 0.5) is 22.0 Å². The van der Waals surface area contributed by atoms with E-state index in [0.29, 0.717) is 99.9 Å². The number of piperidine rings is 6. The Bertz CT molecular complexity index is 5220. The van der Waals surface area contributed by atoms with Crippen molar-refractivity contribution in [2.75, 3.05) is 63.9 Å². The van der Waals surface area contributed by atoms with Crippen molar-refractivity contribution in [1.82, 2.24) is 34.3 Å². The number of alkyl halides is 5. The third-order valence-corrected chi connectivity index (χ3v) is 50.8. The molecule has 0 N–H and O–H groups in total. The molecule has 31 aliphatic rings. The van der Waals surface area contributed by atoms with Crippen LogP contribution in [0.25, 0.3) is 0 Å². The van der Waals surface area contributed by atoms with Crippen LogP contribution in [0.2, 0.25) is 0 Å². The molecule has 780 valence electrons. The SMILES string of the molecule is O=C1C=C2CC(N3CCC(F)(F)C3)[C@@H]3C[C@@]2(O1)[C@H]1CCCCN31.O=C1C=C2CC(SC34CC5CC(CC(C5)C3)C4)[C@@H]3C[C@@]2(O1)[C@H]1CCCCN31.O=C1C=C2CC(SC3CCCCC3)[C@@H]3C[C@@]2(O1)[C@H]1CCCCN31.O=C1C=C2CC(SCC(F)(F)F)[C@@H]3C[C@@]2(O1)[C@H]1CCCCN31.O=C1C=C2CC(SCC3CCCCCC3)[C@@H]3C[C@@]2(O1)[C@H]1CCCCN31.O=C1C=C2CC(SCc3cccs3)[C@@H]3C[C@@]2(O1)[C@H]1CCCCN31. The predicted octanol–water partition coefficient (Wildman–Crippen LogP) is 20.7. The average molecular weight is 2090 g/mol. The normalized spacial score (nSPS) is 44.6. The maximum Gasteiger partial charge on any atom is 0.397 e. The Hall–Kier alpha value is -3.92. The van der Waals surface area contributed by atoms with E-state index in [-0.39, 0.29) is 107 Å². The summed E-state index contributed by atoms with van der Waals surface area (Å²) in [5, 5.41) is 5.52. The van der Waals surface area contributed by atoms with Gasteiger partial charge in [0, 0.05) is 177 Å². The van der Waals surface area contributed by atoms with Crippen molar-refractivity contribution in [3.8, 4) is 0 Å². The van der Waals surface area contributed by atoms with Gasteiger partial charge in [0.15, 0.2) is 33.6 Å². The van der Waals surface area contributed by atoms with E-state index in [4.69, 9.17) is 28.4 Å². The molecule has 20 heterocycles. The maximum atomic E-state index is 13.7. The minimum atomic E-state index is -4.14. The molecule has 0 amide bonds. The van der Waals surface area contributed by atoms with E-state index in [9.17, 15) is 50.7 Å². The van der Waals surface area contributed by atoms with Gasteiger partial charge in [-0.05, 0) is 293 Å². The lowest BCUT2D eigenvalue weighted by atomic mass is 9.56. The number of ether oxygens (including phenoxy) is 6. The molecule has 32 rings (SSSR count). The van der Waals surface area contributed by atoms with Gasteiger partial charge in [0.2, 0.25) is 0 Å². The number of carbonyl (C=O) groups is 6. The number of thiophene rings is 1. The number of halogens is 5. The first kappa shape index (κ1) is 98.5. The molecule has 19 nitrogen and oxygen atoms in total. The molecule has 25 fully saturated rings. The highest BCUT2D eigenvalue weighted by atomic mass is 32.2. The molecule has 12 aliphatic carbocycles. The van der Waals surface area contributed by atoms with Crippen LogP contribution >= 0.6 is 70.1 Å². The number of carbonyl (C=O) groups excluding carboxylic acids is 6. The van der Waals surface area contributed by atoms with Crippen molar-refractivity contribution in [3.05, 3.63) is 92.3 Å². The van der Waals surface area contributed by atoms with Crippen LogP contribution < -0.4 is 0 Å². The Morgan fingerprint density at radius 1 is 0.357 bits per heavy atom. The highest BCUT2D eigenvalue weighted by molar-refractivity contribution is 8.01. The number of thioether (sulfide) groups is 5. The van der Waals surface area contributed by atoms with Crippen molar-refractivity contribution in [2.24, 2.45) is 23.7 Å². The van der Waals surface area contributed by atoms with Crippen LogP contribution in [0.3, 0.4) is 0 Å². The number of likely N-dealkylation sites (tertiary alicyclic amines) is 1. The zero-order valence-corrected chi connectivity index (χ0v) is 88.5. The van der Waals surface area contributed by atoms with Gasteiger partial charge in [0.25, 0.3) is 5.92 Å². The van der Waals surface area contributed by atoms with Crippen molar-refractivity contribution >= 4 is 106 Å². The largest absolute Gasteiger partial charge is 0.450 e. The van der Waals surface area contributed by atoms with E-state index in [0.717, 1.165) is 167 Å². The fourth-order valence-corrected chi connectivity index (χ4v) is 45.9. The van der Waals surface area contributed by atoms with Crippen LogP contribution in [0.1, 0.15) is 313 Å². The lowest BCUT2D eigenvalue weighted by Gasteiger charge is -2.58. The molecule has 0 aromatic carbocycles. The van der Waals surface area contributed by atoms with E-state index < -0.39 is 29.1 Å². The zero-order chi connectivity index (χ0) is 96.9. The molecular weight excluding hydrogens is 1930 g/mol. The van der Waals surface area contributed by atoms with Crippen LogP contribution in [-0.4, -0.2) is 294 Å². The highest BCUT2D eigenvalue weighted by Gasteiger charge is 2.72. The van der Waals surface area contributed by atoms with Gasteiger partial charge in [-0.25, -0.2) is 37.5 Å². The van der Waals surface area contributed by atoms with E-state index in [2.05, 4.69) is 94.0 Å². The summed E-state index contributed by atoms with van der Waals surface area (Å²) in [4.78, 5) is 91.3. The predicted molar refractivity (Wildman–Crippen MR) is 550 cm³/mol. The average Bonchev–Trinajstić information content (AvgIpc) is 1.46. The maximum absolute atomic E-state index is 13.7. The van der Waals surface area contributed by atoms with Gasteiger partial charge in [0.1, 0.15) is 0 Å². The second-order valence-electron chi connectivity index (χ2n) is 49.7. The monoisotopic (exact) mass is 2080 g/mol. The minimum absolute atomic E-state index is 0.0424. The number of nitrogens with zero attached hydrogens (tertiary/aromatic N) is 7. The second kappa shape index (κ2) is 38.7. The molecule has 19 aliphatic heterocycles. The van der Waals surface area contributed by atoms with Gasteiger partial charge in [-0.1, -0.05) is 89.5 Å². The number of rotatable bonds is 13. The van der Waals surface area contributed by atoms with Crippen LogP contribution in [0.5, 0.6) is 0 Å². The van der Waals surface area contributed by atoms with Crippen LogP contribution in [0, 0.1) is 23.7 Å². The second-order valence-corrected chi connectivity index (χ2v) is 57.7. The Labute approximate surface area is 867 Å². The first-order chi connectivity index (χ1) is 69.3. The van der Waals surface area contributed by atoms with Crippen molar-refractivity contribution in [3.63, 3.8) is 0 Å². The minimum Gasteiger partial charge on any atom is -0.450 e. The lowest BCUT2D eigenvalue weighted by molar-refractivity contribution is -0.149. The standard InChI is InChI=1S/C23H31NO2S.C21H31NO2S.C19H27NO2S.C18H21NO2S2.C17H22F2N2O2.C15H18F3NO2S/c25-21-9-17-8-19(18-13-23(17,26-21)20-3-1-2-4-24(18)20)27-22-10-14-5-15(11-22)7-16(6-14)12-22;23-20-12-16-11-18(25-14-15-7-3-1-2-4-8-15)17-13-21(16,24-20)19-9-5-6-10-22(17)19;21-18-11-13-10-16(23-14-6-2-1-3-7-14)15-12-19(13,22-18)17-8-4-5-9-20(15)17;20-17-9-12-8-15(23-11-13-4-3-7-22-13)14-10-18(12,21-17)16-5-1-2-6-19(14)16;18-16(19)4-6-20(10-16)12-7-11-8-15(22)23-17(11)9-13(12)21-5-2-1-3-14(17)21;16-15(17,18)8-22-11-5-9-6-13(20)21-14(9)7-10(11)19-4-2-1-3-12(14)19/h9,14-16,18-20H,1-8,10-13H2;12,15,17-19H,1-11,13-14H2;11,14-17H,1-10,12H2;3-4,7,9,14-16H,1-2,5-6,8,10-11H2;8,12-14H,1-7,9-10H2;6,10-12H,1-5,7-8H2/t14?,15?,16?,18-,19?,20+,22?,23-;17-,18?,19+,21-;15-,16?,17+,19-;14-,15?,16+,18-;12?,13-,14+,17-;10-,11?,12+,14-/m000000/s1. The number of hydrogen-bond donors (Lipinski definition) is 0. The first-order valence-corrected chi connectivity index (χ1v) is 62.7. The molecule has 1 aromatic rings. The zero-order valence-electron chi connectivity index (χ0n) is 83.6. The van der Waals surface area contributed by atoms with Crippen molar-refractivity contribution in [2.45, 2.75) is 474 Å². The quantitative estimate of drug-likeness (QED) is 0.0786. The number of esters is 6. The summed E-state index contributed by atoms with van der Waals surface area (Å²) in [7, 11) is 0.